The lowest BCUT2D eigenvalue weighted by molar-refractivity contribution is -0.122. The molecule has 2 N–H and O–H groups in total. The van der Waals surface area contributed by atoms with E-state index in [0.717, 1.165) is 0 Å². The molecule has 92 valence electrons. The van der Waals surface area contributed by atoms with Crippen LogP contribution in [0.4, 0.5) is 0 Å². The average molecular weight is 238 g/mol. The van der Waals surface area contributed by atoms with Crippen molar-refractivity contribution in [1.82, 2.24) is 10.9 Å². The molecule has 0 saturated carbocycles. The molecule has 1 amide bonds. The highest BCUT2D eigenvalue weighted by Crippen LogP contribution is 2.34. The van der Waals surface area contributed by atoms with Crippen LogP contribution in [-0.4, -0.2) is 26.4 Å². The number of ether oxygens (including phenoxy) is 3. The minimum absolute atomic E-state index is 0.117. The van der Waals surface area contributed by atoms with Crippen LogP contribution in [0.2, 0.25) is 0 Å². The second-order valence-electron chi connectivity index (χ2n) is 3.41. The van der Waals surface area contributed by atoms with E-state index in [-0.39, 0.29) is 19.1 Å². The molecule has 2 rings (SSSR count). The van der Waals surface area contributed by atoms with Crippen molar-refractivity contribution in [3.63, 3.8) is 0 Å². The van der Waals surface area contributed by atoms with Crippen molar-refractivity contribution in [3.8, 4) is 17.2 Å². The minimum atomic E-state index is -0.117. The second kappa shape index (κ2) is 5.40. The largest absolute Gasteiger partial charge is 0.493 e. The number of carbonyl (C=O) groups is 1. The van der Waals surface area contributed by atoms with Crippen LogP contribution in [0.25, 0.3) is 0 Å². The van der Waals surface area contributed by atoms with Gasteiger partial charge in [0.15, 0.2) is 11.5 Å². The van der Waals surface area contributed by atoms with Gasteiger partial charge in [-0.05, 0) is 12.1 Å². The van der Waals surface area contributed by atoms with E-state index in [4.69, 9.17) is 14.2 Å². The first-order valence-electron chi connectivity index (χ1n) is 5.27. The van der Waals surface area contributed by atoms with Gasteiger partial charge in [-0.3, -0.25) is 10.2 Å². The van der Waals surface area contributed by atoms with Gasteiger partial charge in [0, 0.05) is 13.1 Å². The molecule has 17 heavy (non-hydrogen) atoms. The van der Waals surface area contributed by atoms with E-state index in [1.54, 1.807) is 25.2 Å². The van der Waals surface area contributed by atoms with Crippen molar-refractivity contribution in [3.05, 3.63) is 18.2 Å². The van der Waals surface area contributed by atoms with Crippen molar-refractivity contribution >= 4 is 5.91 Å². The molecule has 0 aromatic heterocycles. The molecule has 0 saturated heterocycles. The first-order chi connectivity index (χ1) is 8.29. The SMILES string of the molecule is CNNC(=O)CCOc1ccc2c(c1)OCO2. The van der Waals surface area contributed by atoms with Gasteiger partial charge in [0.2, 0.25) is 12.7 Å². The van der Waals surface area contributed by atoms with Gasteiger partial charge in [0.05, 0.1) is 13.0 Å². The molecule has 1 aliphatic rings. The topological polar surface area (TPSA) is 68.8 Å². The van der Waals surface area contributed by atoms with Gasteiger partial charge in [0.1, 0.15) is 5.75 Å². The van der Waals surface area contributed by atoms with E-state index < -0.39 is 0 Å². The summed E-state index contributed by atoms with van der Waals surface area (Å²) in [5.41, 5.74) is 5.02. The van der Waals surface area contributed by atoms with E-state index >= 15 is 0 Å². The number of rotatable bonds is 5. The predicted octanol–water partition coefficient (Wildman–Crippen LogP) is 0.435. The first-order valence-corrected chi connectivity index (χ1v) is 5.27. The Morgan fingerprint density at radius 3 is 3.06 bits per heavy atom. The zero-order valence-electron chi connectivity index (χ0n) is 9.49. The highest BCUT2D eigenvalue weighted by Gasteiger charge is 2.13. The molecule has 0 bridgehead atoms. The van der Waals surface area contributed by atoms with Crippen LogP contribution in [0.3, 0.4) is 0 Å². The number of hydrogen-bond donors (Lipinski definition) is 2. The Kier molecular flexibility index (Phi) is 3.66. The molecule has 1 aliphatic heterocycles. The summed E-state index contributed by atoms with van der Waals surface area (Å²) in [5.74, 6) is 1.92. The molecular formula is C11H14N2O4. The van der Waals surface area contributed by atoms with Crippen molar-refractivity contribution in [2.24, 2.45) is 0 Å². The maximum atomic E-state index is 11.1. The lowest BCUT2D eigenvalue weighted by Crippen LogP contribution is -2.34. The molecule has 1 aromatic rings. The van der Waals surface area contributed by atoms with Gasteiger partial charge in [-0.25, -0.2) is 5.43 Å². The number of benzene rings is 1. The van der Waals surface area contributed by atoms with Crippen molar-refractivity contribution < 1.29 is 19.0 Å². The van der Waals surface area contributed by atoms with Crippen LogP contribution in [-0.2, 0) is 4.79 Å². The average Bonchev–Trinajstić information content (AvgIpc) is 2.76. The highest BCUT2D eigenvalue weighted by molar-refractivity contribution is 5.75. The van der Waals surface area contributed by atoms with Crippen molar-refractivity contribution in [2.75, 3.05) is 20.4 Å². The lowest BCUT2D eigenvalue weighted by atomic mass is 10.3. The fourth-order valence-electron chi connectivity index (χ4n) is 1.43. The van der Waals surface area contributed by atoms with E-state index in [1.165, 1.54) is 0 Å². The molecule has 6 heteroatoms. The standard InChI is InChI=1S/C11H14N2O4/c1-12-13-11(14)4-5-15-8-2-3-9-10(6-8)17-7-16-9/h2-3,6,12H,4-5,7H2,1H3,(H,13,14). The maximum Gasteiger partial charge on any atom is 0.237 e. The normalized spacial score (nSPS) is 12.3. The minimum Gasteiger partial charge on any atom is -0.493 e. The van der Waals surface area contributed by atoms with Crippen LogP contribution < -0.4 is 25.1 Å². The Morgan fingerprint density at radius 1 is 1.41 bits per heavy atom. The summed E-state index contributed by atoms with van der Waals surface area (Å²) >= 11 is 0. The number of carbonyl (C=O) groups excluding carboxylic acids is 1. The predicted molar refractivity (Wildman–Crippen MR) is 59.9 cm³/mol. The van der Waals surface area contributed by atoms with Crippen LogP contribution >= 0.6 is 0 Å². The van der Waals surface area contributed by atoms with Gasteiger partial charge in [0.25, 0.3) is 0 Å². The highest BCUT2D eigenvalue weighted by atomic mass is 16.7. The van der Waals surface area contributed by atoms with Crippen LogP contribution in [0.15, 0.2) is 18.2 Å². The molecule has 1 heterocycles. The van der Waals surface area contributed by atoms with Gasteiger partial charge in [-0.2, -0.15) is 0 Å². The molecular weight excluding hydrogens is 224 g/mol. The summed E-state index contributed by atoms with van der Waals surface area (Å²) in [6, 6.07) is 5.31. The van der Waals surface area contributed by atoms with Crippen LogP contribution in [0.1, 0.15) is 6.42 Å². The van der Waals surface area contributed by atoms with Crippen LogP contribution in [0.5, 0.6) is 17.2 Å². The summed E-state index contributed by atoms with van der Waals surface area (Å²) < 4.78 is 15.8. The van der Waals surface area contributed by atoms with E-state index in [1.807, 2.05) is 0 Å². The number of nitrogens with one attached hydrogen (secondary N) is 2. The van der Waals surface area contributed by atoms with Crippen LogP contribution in [0, 0.1) is 0 Å². The molecule has 6 nitrogen and oxygen atoms in total. The zero-order chi connectivity index (χ0) is 12.1. The molecule has 0 aliphatic carbocycles. The Hall–Kier alpha value is -1.95. The molecule has 0 fully saturated rings. The molecule has 0 atom stereocenters. The Morgan fingerprint density at radius 2 is 2.24 bits per heavy atom. The number of hydrazine groups is 1. The molecule has 0 unspecified atom stereocenters. The van der Waals surface area contributed by atoms with Gasteiger partial charge in [-0.15, -0.1) is 0 Å². The fraction of sp³-hybridized carbons (Fsp3) is 0.364. The first kappa shape index (κ1) is 11.5. The summed E-state index contributed by atoms with van der Waals surface area (Å²) in [5, 5.41) is 0. The zero-order valence-corrected chi connectivity index (χ0v) is 9.49. The second-order valence-corrected chi connectivity index (χ2v) is 3.41. The number of hydrogen-bond acceptors (Lipinski definition) is 5. The lowest BCUT2D eigenvalue weighted by Gasteiger charge is -2.07. The Labute approximate surface area is 98.8 Å². The van der Waals surface area contributed by atoms with E-state index in [2.05, 4.69) is 10.9 Å². The summed E-state index contributed by atoms with van der Waals surface area (Å²) in [6.07, 6.45) is 0.287. The number of amides is 1. The van der Waals surface area contributed by atoms with E-state index in [0.29, 0.717) is 23.9 Å². The molecule has 1 aromatic carbocycles. The third-order valence-electron chi connectivity index (χ3n) is 2.21. The smallest absolute Gasteiger partial charge is 0.237 e. The molecule has 0 radical (unpaired) electrons. The summed E-state index contributed by atoms with van der Waals surface area (Å²) in [4.78, 5) is 11.1. The monoisotopic (exact) mass is 238 g/mol. The summed E-state index contributed by atoms with van der Waals surface area (Å²) in [7, 11) is 1.64. The number of fused-ring (bicyclic) bond motifs is 1. The maximum absolute atomic E-state index is 11.1. The summed E-state index contributed by atoms with van der Waals surface area (Å²) in [6.45, 7) is 0.552. The van der Waals surface area contributed by atoms with Gasteiger partial charge in [-0.1, -0.05) is 0 Å². The fourth-order valence-corrected chi connectivity index (χ4v) is 1.43. The van der Waals surface area contributed by atoms with Gasteiger partial charge >= 0.3 is 0 Å². The Balaban J connectivity index is 1.81. The molecule has 0 spiro atoms. The third-order valence-corrected chi connectivity index (χ3v) is 2.21. The quantitative estimate of drug-likeness (QED) is 0.728. The third kappa shape index (κ3) is 3.01. The van der Waals surface area contributed by atoms with E-state index in [9.17, 15) is 4.79 Å². The van der Waals surface area contributed by atoms with Gasteiger partial charge < -0.3 is 14.2 Å². The Bertz CT molecular complexity index is 408. The van der Waals surface area contributed by atoms with Crippen molar-refractivity contribution in [1.29, 1.82) is 0 Å². The van der Waals surface area contributed by atoms with Crippen molar-refractivity contribution in [2.45, 2.75) is 6.42 Å².